The second kappa shape index (κ2) is 4.88. The van der Waals surface area contributed by atoms with Crippen LogP contribution in [-0.4, -0.2) is 16.7 Å². The Morgan fingerprint density at radius 1 is 1.33 bits per heavy atom. The Morgan fingerprint density at radius 2 is 2.22 bits per heavy atom. The first kappa shape index (κ1) is 11.4. The van der Waals surface area contributed by atoms with Crippen LogP contribution in [0, 0.1) is 0 Å². The number of rotatable bonds is 4. The van der Waals surface area contributed by atoms with Crippen molar-refractivity contribution in [1.82, 2.24) is 15.5 Å². The van der Waals surface area contributed by atoms with Crippen molar-refractivity contribution in [3.8, 4) is 10.8 Å². The molecule has 4 nitrogen and oxygen atoms in total. The van der Waals surface area contributed by atoms with E-state index in [1.165, 1.54) is 0 Å². The fraction of sp³-hybridized carbons (Fsp3) is 0.231. The molecule has 2 aromatic heterocycles. The molecule has 5 heteroatoms. The van der Waals surface area contributed by atoms with Crippen molar-refractivity contribution >= 4 is 21.6 Å². The van der Waals surface area contributed by atoms with Crippen LogP contribution in [0.1, 0.15) is 12.6 Å². The van der Waals surface area contributed by atoms with Gasteiger partial charge in [0.15, 0.2) is 10.8 Å². The third-order valence-electron chi connectivity index (χ3n) is 2.62. The molecular weight excluding hydrogens is 246 g/mol. The van der Waals surface area contributed by atoms with Gasteiger partial charge in [0.2, 0.25) is 0 Å². The molecule has 0 unspecified atom stereocenters. The van der Waals surface area contributed by atoms with Crippen LogP contribution in [0.15, 0.2) is 34.9 Å². The third-order valence-corrected chi connectivity index (χ3v) is 3.67. The van der Waals surface area contributed by atoms with E-state index in [0.717, 1.165) is 39.8 Å². The molecule has 0 bridgehead atoms. The molecule has 3 aromatic rings. The molecule has 2 heterocycles. The monoisotopic (exact) mass is 259 g/mol. The Labute approximate surface area is 109 Å². The van der Waals surface area contributed by atoms with E-state index < -0.39 is 0 Å². The van der Waals surface area contributed by atoms with Crippen LogP contribution in [0.5, 0.6) is 0 Å². The van der Waals surface area contributed by atoms with E-state index in [1.807, 2.05) is 24.3 Å². The van der Waals surface area contributed by atoms with Gasteiger partial charge in [-0.3, -0.25) is 0 Å². The molecule has 0 saturated heterocycles. The van der Waals surface area contributed by atoms with Gasteiger partial charge in [0.05, 0.1) is 15.9 Å². The van der Waals surface area contributed by atoms with E-state index in [9.17, 15) is 0 Å². The van der Waals surface area contributed by atoms with Gasteiger partial charge in [0.25, 0.3) is 0 Å². The second-order valence-electron chi connectivity index (χ2n) is 3.95. The smallest absolute Gasteiger partial charge is 0.195 e. The summed E-state index contributed by atoms with van der Waals surface area (Å²) in [5, 5.41) is 8.13. The van der Waals surface area contributed by atoms with Gasteiger partial charge in [-0.1, -0.05) is 24.2 Å². The second-order valence-corrected chi connectivity index (χ2v) is 4.98. The molecule has 92 valence electrons. The number of aromatic nitrogens is 2. The molecule has 0 aliphatic rings. The van der Waals surface area contributed by atoms with Gasteiger partial charge in [-0.15, -0.1) is 11.3 Å². The van der Waals surface area contributed by atoms with Crippen LogP contribution >= 0.6 is 11.3 Å². The van der Waals surface area contributed by atoms with E-state index >= 15 is 0 Å². The minimum atomic E-state index is 0.727. The highest BCUT2D eigenvalue weighted by atomic mass is 32.1. The zero-order chi connectivity index (χ0) is 12.4. The summed E-state index contributed by atoms with van der Waals surface area (Å²) in [7, 11) is 0. The largest absolute Gasteiger partial charge is 0.353 e. The summed E-state index contributed by atoms with van der Waals surface area (Å²) < 4.78 is 6.50. The van der Waals surface area contributed by atoms with Crippen LogP contribution in [0.3, 0.4) is 0 Å². The first-order valence-corrected chi connectivity index (χ1v) is 6.70. The average molecular weight is 259 g/mol. The lowest BCUT2D eigenvalue weighted by atomic mass is 10.3. The Kier molecular flexibility index (Phi) is 3.08. The lowest BCUT2D eigenvalue weighted by Gasteiger charge is -1.92. The van der Waals surface area contributed by atoms with E-state index in [2.05, 4.69) is 28.4 Å². The molecule has 18 heavy (non-hydrogen) atoms. The van der Waals surface area contributed by atoms with Crippen molar-refractivity contribution in [2.45, 2.75) is 13.5 Å². The highest BCUT2D eigenvalue weighted by Gasteiger charge is 2.11. The van der Waals surface area contributed by atoms with Crippen molar-refractivity contribution in [2.75, 3.05) is 6.54 Å². The van der Waals surface area contributed by atoms with Gasteiger partial charge in [-0.25, -0.2) is 4.98 Å². The van der Waals surface area contributed by atoms with Gasteiger partial charge < -0.3 is 9.84 Å². The minimum absolute atomic E-state index is 0.727. The van der Waals surface area contributed by atoms with E-state index in [4.69, 9.17) is 4.52 Å². The molecule has 0 aliphatic carbocycles. The molecule has 0 atom stereocenters. The lowest BCUT2D eigenvalue weighted by Crippen LogP contribution is -2.11. The Morgan fingerprint density at radius 3 is 3.06 bits per heavy atom. The fourth-order valence-electron chi connectivity index (χ4n) is 1.73. The highest BCUT2D eigenvalue weighted by Crippen LogP contribution is 2.30. The van der Waals surface area contributed by atoms with Crippen molar-refractivity contribution in [3.63, 3.8) is 0 Å². The lowest BCUT2D eigenvalue weighted by molar-refractivity contribution is 0.420. The Bertz CT molecular complexity index is 626. The topological polar surface area (TPSA) is 51.0 Å². The maximum absolute atomic E-state index is 5.34. The van der Waals surface area contributed by atoms with Crippen molar-refractivity contribution in [3.05, 3.63) is 36.0 Å². The quantitative estimate of drug-likeness (QED) is 0.782. The SMILES string of the molecule is CCNCc1cc(-c2nc3ccccc3s2)on1. The van der Waals surface area contributed by atoms with Crippen LogP contribution in [0.2, 0.25) is 0 Å². The maximum Gasteiger partial charge on any atom is 0.195 e. The van der Waals surface area contributed by atoms with Gasteiger partial charge in [0.1, 0.15) is 0 Å². The Balaban J connectivity index is 1.91. The molecule has 0 aliphatic heterocycles. The first-order chi connectivity index (χ1) is 8.86. The van der Waals surface area contributed by atoms with Gasteiger partial charge in [-0.2, -0.15) is 0 Å². The van der Waals surface area contributed by atoms with Crippen molar-refractivity contribution in [1.29, 1.82) is 0 Å². The number of benzene rings is 1. The molecule has 0 spiro atoms. The summed E-state index contributed by atoms with van der Waals surface area (Å²) in [6, 6.07) is 10.0. The molecule has 3 rings (SSSR count). The summed E-state index contributed by atoms with van der Waals surface area (Å²) in [6.07, 6.45) is 0. The zero-order valence-electron chi connectivity index (χ0n) is 10.0. The molecule has 1 aromatic carbocycles. The molecule has 0 amide bonds. The molecule has 0 fully saturated rings. The van der Waals surface area contributed by atoms with E-state index in [1.54, 1.807) is 11.3 Å². The van der Waals surface area contributed by atoms with Crippen LogP contribution < -0.4 is 5.32 Å². The van der Waals surface area contributed by atoms with Crippen molar-refractivity contribution < 1.29 is 4.52 Å². The summed E-state index contributed by atoms with van der Waals surface area (Å²) >= 11 is 1.62. The number of nitrogens with one attached hydrogen (secondary N) is 1. The van der Waals surface area contributed by atoms with Gasteiger partial charge >= 0.3 is 0 Å². The number of nitrogens with zero attached hydrogens (tertiary/aromatic N) is 2. The van der Waals surface area contributed by atoms with Crippen molar-refractivity contribution in [2.24, 2.45) is 0 Å². The molecule has 1 N–H and O–H groups in total. The molecular formula is C13H13N3OS. The average Bonchev–Trinajstić information content (AvgIpc) is 3.02. The first-order valence-electron chi connectivity index (χ1n) is 5.89. The van der Waals surface area contributed by atoms with Crippen LogP contribution in [0.4, 0.5) is 0 Å². The number of para-hydroxylation sites is 1. The summed E-state index contributed by atoms with van der Waals surface area (Å²) in [4.78, 5) is 4.54. The summed E-state index contributed by atoms with van der Waals surface area (Å²) in [6.45, 7) is 3.71. The molecule has 0 radical (unpaired) electrons. The zero-order valence-corrected chi connectivity index (χ0v) is 10.8. The number of thiazole rings is 1. The predicted octanol–water partition coefficient (Wildman–Crippen LogP) is 3.06. The van der Waals surface area contributed by atoms with Gasteiger partial charge in [0, 0.05) is 12.6 Å². The standard InChI is InChI=1S/C13H13N3OS/c1-2-14-8-9-7-11(17-16-9)13-15-10-5-3-4-6-12(10)18-13/h3-7,14H,2,8H2,1H3. The van der Waals surface area contributed by atoms with Crippen LogP contribution in [-0.2, 0) is 6.54 Å². The number of hydrogen-bond acceptors (Lipinski definition) is 5. The van der Waals surface area contributed by atoms with Gasteiger partial charge in [-0.05, 0) is 18.7 Å². The maximum atomic E-state index is 5.34. The van der Waals surface area contributed by atoms with E-state index in [0.29, 0.717) is 0 Å². The summed E-state index contributed by atoms with van der Waals surface area (Å²) in [5.74, 6) is 0.740. The molecule has 0 saturated carbocycles. The normalized spacial score (nSPS) is 11.2. The highest BCUT2D eigenvalue weighted by molar-refractivity contribution is 7.21. The minimum Gasteiger partial charge on any atom is -0.353 e. The van der Waals surface area contributed by atoms with E-state index in [-0.39, 0.29) is 0 Å². The van der Waals surface area contributed by atoms with Crippen LogP contribution in [0.25, 0.3) is 21.0 Å². The fourth-order valence-corrected chi connectivity index (χ4v) is 2.64. The Hall–Kier alpha value is -1.72. The predicted molar refractivity (Wildman–Crippen MR) is 72.5 cm³/mol. The number of fused-ring (bicyclic) bond motifs is 1. The summed E-state index contributed by atoms with van der Waals surface area (Å²) in [5.41, 5.74) is 1.91. The number of hydrogen-bond donors (Lipinski definition) is 1. The third kappa shape index (κ3) is 2.14.